The molecule has 5 heteroatoms. The van der Waals surface area contributed by atoms with Crippen molar-refractivity contribution < 1.29 is 13.5 Å². The molecular formula is C12H16F2N2O. The van der Waals surface area contributed by atoms with Crippen LogP contribution in [0.4, 0.5) is 8.78 Å². The first-order chi connectivity index (χ1) is 8.25. The smallest absolute Gasteiger partial charge is 0.263 e. The Balaban J connectivity index is 1.87. The Hall–Kier alpha value is -1.04. The van der Waals surface area contributed by atoms with Crippen molar-refractivity contribution in [2.45, 2.75) is 13.0 Å². The van der Waals surface area contributed by atoms with Crippen LogP contribution in [0.15, 0.2) is 24.3 Å². The Kier molecular flexibility index (Phi) is 4.42. The zero-order valence-corrected chi connectivity index (χ0v) is 9.53. The summed E-state index contributed by atoms with van der Waals surface area (Å²) < 4.78 is 30.2. The van der Waals surface area contributed by atoms with Crippen LogP contribution in [0.1, 0.15) is 17.6 Å². The van der Waals surface area contributed by atoms with Crippen molar-refractivity contribution >= 4 is 0 Å². The van der Waals surface area contributed by atoms with Gasteiger partial charge < -0.3 is 4.74 Å². The van der Waals surface area contributed by atoms with Crippen molar-refractivity contribution in [2.24, 2.45) is 0 Å². The molecule has 1 saturated heterocycles. The zero-order valence-electron chi connectivity index (χ0n) is 9.53. The third-order valence-corrected chi connectivity index (χ3v) is 2.72. The molecule has 2 rings (SSSR count). The molecule has 1 fully saturated rings. The maximum Gasteiger partial charge on any atom is 0.263 e. The lowest BCUT2D eigenvalue weighted by atomic mass is 10.1. The van der Waals surface area contributed by atoms with Gasteiger partial charge in [-0.05, 0) is 11.6 Å². The van der Waals surface area contributed by atoms with Gasteiger partial charge in [0.25, 0.3) is 6.43 Å². The van der Waals surface area contributed by atoms with Gasteiger partial charge in [-0.25, -0.2) is 13.8 Å². The number of rotatable bonds is 4. The maximum atomic E-state index is 12.5. The van der Waals surface area contributed by atoms with Crippen LogP contribution in [0.5, 0.6) is 0 Å². The lowest BCUT2D eigenvalue weighted by Gasteiger charge is -2.27. The van der Waals surface area contributed by atoms with Gasteiger partial charge in [0, 0.05) is 25.2 Å². The summed E-state index contributed by atoms with van der Waals surface area (Å²) in [6.07, 6.45) is -2.40. The number of nitrogens with one attached hydrogen (secondary N) is 1. The number of morpholine rings is 1. The minimum absolute atomic E-state index is 0.0753. The molecule has 1 N–H and O–H groups in total. The van der Waals surface area contributed by atoms with E-state index in [1.54, 1.807) is 6.07 Å². The molecule has 1 aliphatic heterocycles. The minimum Gasteiger partial charge on any atom is -0.379 e. The zero-order chi connectivity index (χ0) is 12.1. The number of alkyl halides is 2. The number of hydrazine groups is 1. The number of ether oxygens (including phenoxy) is 1. The summed E-state index contributed by atoms with van der Waals surface area (Å²) in [6, 6.07) is 6.50. The van der Waals surface area contributed by atoms with Crippen molar-refractivity contribution in [1.29, 1.82) is 0 Å². The van der Waals surface area contributed by atoms with E-state index in [0.717, 1.165) is 18.7 Å². The highest BCUT2D eigenvalue weighted by molar-refractivity contribution is 5.24. The second-order valence-corrected chi connectivity index (χ2v) is 3.98. The summed E-state index contributed by atoms with van der Waals surface area (Å²) in [5.41, 5.74) is 4.16. The van der Waals surface area contributed by atoms with E-state index >= 15 is 0 Å². The largest absolute Gasteiger partial charge is 0.379 e. The molecule has 0 amide bonds. The van der Waals surface area contributed by atoms with Gasteiger partial charge in [0.15, 0.2) is 0 Å². The summed E-state index contributed by atoms with van der Waals surface area (Å²) >= 11 is 0. The lowest BCUT2D eigenvalue weighted by molar-refractivity contribution is 0.0105. The van der Waals surface area contributed by atoms with Crippen molar-refractivity contribution in [3.63, 3.8) is 0 Å². The molecule has 1 heterocycles. The highest BCUT2D eigenvalue weighted by atomic mass is 19.3. The molecule has 0 saturated carbocycles. The molecule has 0 atom stereocenters. The summed E-state index contributed by atoms with van der Waals surface area (Å²) in [5.74, 6) is 0. The SMILES string of the molecule is FC(F)c1cccc(CNN2CCOCC2)c1. The molecule has 1 aliphatic rings. The van der Waals surface area contributed by atoms with Gasteiger partial charge in [0.1, 0.15) is 0 Å². The van der Waals surface area contributed by atoms with E-state index < -0.39 is 6.43 Å². The Morgan fingerprint density at radius 3 is 2.76 bits per heavy atom. The lowest BCUT2D eigenvalue weighted by Crippen LogP contribution is -2.45. The number of benzene rings is 1. The molecule has 0 bridgehead atoms. The molecule has 1 aromatic rings. The van der Waals surface area contributed by atoms with E-state index in [4.69, 9.17) is 4.74 Å². The van der Waals surface area contributed by atoms with Gasteiger partial charge in [0.2, 0.25) is 0 Å². The van der Waals surface area contributed by atoms with Crippen molar-refractivity contribution in [1.82, 2.24) is 10.4 Å². The average Bonchev–Trinajstić information content (AvgIpc) is 2.38. The molecule has 0 aliphatic carbocycles. The van der Waals surface area contributed by atoms with Crippen LogP contribution in [0.3, 0.4) is 0 Å². The first kappa shape index (κ1) is 12.4. The van der Waals surface area contributed by atoms with Crippen molar-refractivity contribution in [2.75, 3.05) is 26.3 Å². The minimum atomic E-state index is -2.40. The van der Waals surface area contributed by atoms with Crippen LogP contribution < -0.4 is 5.43 Å². The predicted molar refractivity (Wildman–Crippen MR) is 60.6 cm³/mol. The number of halogens is 2. The number of nitrogens with zero attached hydrogens (tertiary/aromatic N) is 1. The monoisotopic (exact) mass is 242 g/mol. The van der Waals surface area contributed by atoms with Crippen molar-refractivity contribution in [3.05, 3.63) is 35.4 Å². The number of hydrogen-bond donors (Lipinski definition) is 1. The topological polar surface area (TPSA) is 24.5 Å². The highest BCUT2D eigenvalue weighted by Gasteiger charge is 2.10. The van der Waals surface area contributed by atoms with E-state index in [1.165, 1.54) is 12.1 Å². The van der Waals surface area contributed by atoms with Crippen LogP contribution in [0, 0.1) is 0 Å². The van der Waals surface area contributed by atoms with E-state index in [1.807, 2.05) is 6.07 Å². The predicted octanol–water partition coefficient (Wildman–Crippen LogP) is 1.96. The Morgan fingerprint density at radius 2 is 2.06 bits per heavy atom. The second kappa shape index (κ2) is 6.05. The van der Waals surface area contributed by atoms with E-state index in [-0.39, 0.29) is 5.56 Å². The fourth-order valence-electron chi connectivity index (χ4n) is 1.76. The van der Waals surface area contributed by atoms with Crippen molar-refractivity contribution in [3.8, 4) is 0 Å². The van der Waals surface area contributed by atoms with Crippen LogP contribution in [-0.2, 0) is 11.3 Å². The normalized spacial score (nSPS) is 17.6. The fraction of sp³-hybridized carbons (Fsp3) is 0.500. The maximum absolute atomic E-state index is 12.5. The molecule has 0 spiro atoms. The summed E-state index contributed by atoms with van der Waals surface area (Å²) in [5, 5.41) is 2.05. The standard InChI is InChI=1S/C12H16F2N2O/c13-12(14)11-3-1-2-10(8-11)9-15-16-4-6-17-7-5-16/h1-3,8,12,15H,4-7,9H2. The number of hydrogen-bond acceptors (Lipinski definition) is 3. The molecular weight excluding hydrogens is 226 g/mol. The third kappa shape index (κ3) is 3.73. The molecule has 3 nitrogen and oxygen atoms in total. The van der Waals surface area contributed by atoms with Crippen LogP contribution >= 0.6 is 0 Å². The van der Waals surface area contributed by atoms with E-state index in [2.05, 4.69) is 10.4 Å². The Morgan fingerprint density at radius 1 is 1.29 bits per heavy atom. The first-order valence-electron chi connectivity index (χ1n) is 5.69. The van der Waals surface area contributed by atoms with Gasteiger partial charge in [0.05, 0.1) is 13.2 Å². The summed E-state index contributed by atoms with van der Waals surface area (Å²) in [7, 11) is 0. The average molecular weight is 242 g/mol. The van der Waals surface area contributed by atoms with Gasteiger partial charge >= 0.3 is 0 Å². The highest BCUT2D eigenvalue weighted by Crippen LogP contribution is 2.19. The molecule has 94 valence electrons. The van der Waals surface area contributed by atoms with Crippen LogP contribution in [0.2, 0.25) is 0 Å². The molecule has 0 aromatic heterocycles. The Labute approximate surface area is 99.3 Å². The van der Waals surface area contributed by atoms with Gasteiger partial charge in [-0.15, -0.1) is 0 Å². The second-order valence-electron chi connectivity index (χ2n) is 3.98. The Bertz CT molecular complexity index is 354. The van der Waals surface area contributed by atoms with Crippen LogP contribution in [-0.4, -0.2) is 31.3 Å². The van der Waals surface area contributed by atoms with E-state index in [0.29, 0.717) is 19.8 Å². The third-order valence-electron chi connectivity index (χ3n) is 2.72. The molecule has 1 aromatic carbocycles. The molecule has 0 unspecified atom stereocenters. The molecule has 0 radical (unpaired) electrons. The van der Waals surface area contributed by atoms with Gasteiger partial charge in [-0.2, -0.15) is 0 Å². The van der Waals surface area contributed by atoms with E-state index in [9.17, 15) is 8.78 Å². The summed E-state index contributed by atoms with van der Waals surface area (Å²) in [6.45, 7) is 3.65. The first-order valence-corrected chi connectivity index (χ1v) is 5.69. The fourth-order valence-corrected chi connectivity index (χ4v) is 1.76. The quantitative estimate of drug-likeness (QED) is 0.873. The van der Waals surface area contributed by atoms with Gasteiger partial charge in [-0.1, -0.05) is 18.2 Å². The van der Waals surface area contributed by atoms with Crippen LogP contribution in [0.25, 0.3) is 0 Å². The molecule has 17 heavy (non-hydrogen) atoms. The summed E-state index contributed by atoms with van der Waals surface area (Å²) in [4.78, 5) is 0. The van der Waals surface area contributed by atoms with Gasteiger partial charge in [-0.3, -0.25) is 5.43 Å².